The van der Waals surface area contributed by atoms with E-state index in [2.05, 4.69) is 5.32 Å². The van der Waals surface area contributed by atoms with E-state index in [1.54, 1.807) is 39.0 Å². The van der Waals surface area contributed by atoms with Crippen molar-refractivity contribution in [3.05, 3.63) is 29.3 Å². The second-order valence-corrected chi connectivity index (χ2v) is 5.48. The van der Waals surface area contributed by atoms with Gasteiger partial charge < -0.3 is 10.1 Å². The minimum Gasteiger partial charge on any atom is -0.459 e. The van der Waals surface area contributed by atoms with Gasteiger partial charge in [0.25, 0.3) is 0 Å². The second-order valence-electron chi connectivity index (χ2n) is 5.48. The molecule has 0 saturated carbocycles. The third-order valence-corrected chi connectivity index (χ3v) is 2.40. The highest BCUT2D eigenvalue weighted by Gasteiger charge is 2.16. The number of ether oxygens (including phenoxy) is 1. The molecular formula is C15H19N3O2. The summed E-state index contributed by atoms with van der Waals surface area (Å²) in [6.07, 6.45) is 0. The molecular weight excluding hydrogens is 254 g/mol. The summed E-state index contributed by atoms with van der Waals surface area (Å²) in [5.41, 5.74) is 1.33. The second kappa shape index (κ2) is 6.20. The lowest BCUT2D eigenvalue weighted by Gasteiger charge is -2.20. The normalized spacial score (nSPS) is 10.6. The van der Waals surface area contributed by atoms with Gasteiger partial charge in [0.15, 0.2) is 0 Å². The molecule has 0 unspecified atom stereocenters. The minimum atomic E-state index is -0.534. The fourth-order valence-corrected chi connectivity index (χ4v) is 1.62. The lowest BCUT2D eigenvalue weighted by molar-refractivity contribution is -0.152. The van der Waals surface area contributed by atoms with E-state index in [9.17, 15) is 4.79 Å². The minimum absolute atomic E-state index is 0.00790. The zero-order chi connectivity index (χ0) is 15.3. The number of rotatable bonds is 4. The Hall–Kier alpha value is -2.35. The molecule has 1 aromatic rings. The summed E-state index contributed by atoms with van der Waals surface area (Å²) in [5, 5.41) is 19.4. The predicted octanol–water partition coefficient (Wildman–Crippen LogP) is 2.64. The van der Waals surface area contributed by atoms with Gasteiger partial charge >= 0.3 is 5.97 Å². The molecule has 0 saturated heterocycles. The van der Waals surface area contributed by atoms with Crippen molar-refractivity contribution in [3.8, 4) is 6.07 Å². The van der Waals surface area contributed by atoms with Gasteiger partial charge in [-0.15, -0.1) is 0 Å². The summed E-state index contributed by atoms with van der Waals surface area (Å²) in [5.74, 6) is -0.382. The smallest absolute Gasteiger partial charge is 0.325 e. The van der Waals surface area contributed by atoms with E-state index in [1.165, 1.54) is 0 Å². The van der Waals surface area contributed by atoms with Crippen molar-refractivity contribution in [1.29, 1.82) is 10.7 Å². The highest BCUT2D eigenvalue weighted by molar-refractivity contribution is 6.13. The monoisotopic (exact) mass is 273 g/mol. The molecule has 0 aliphatic carbocycles. The Morgan fingerprint density at radius 3 is 2.65 bits per heavy atom. The van der Waals surface area contributed by atoms with Crippen LogP contribution in [0.4, 0.5) is 5.69 Å². The number of carbonyl (C=O) groups excluding carboxylic acids is 1. The highest BCUT2D eigenvalue weighted by Crippen LogP contribution is 2.18. The van der Waals surface area contributed by atoms with Gasteiger partial charge in [-0.3, -0.25) is 10.2 Å². The van der Waals surface area contributed by atoms with Gasteiger partial charge in [0, 0.05) is 11.3 Å². The Bertz CT molecular complexity index is 565. The SMILES string of the molecule is Cc1ccc(NCC(=O)OC(C)(C)C)c(C(=N)C#N)c1. The van der Waals surface area contributed by atoms with Crippen LogP contribution in [0.2, 0.25) is 0 Å². The average molecular weight is 273 g/mol. The van der Waals surface area contributed by atoms with Crippen molar-refractivity contribution >= 4 is 17.4 Å². The molecule has 0 heterocycles. The molecule has 5 heteroatoms. The fourth-order valence-electron chi connectivity index (χ4n) is 1.62. The molecule has 0 atom stereocenters. The number of hydrogen-bond donors (Lipinski definition) is 2. The molecule has 1 rings (SSSR count). The van der Waals surface area contributed by atoms with Crippen LogP contribution in [-0.4, -0.2) is 23.8 Å². The highest BCUT2D eigenvalue weighted by atomic mass is 16.6. The van der Waals surface area contributed by atoms with Crippen molar-refractivity contribution in [2.75, 3.05) is 11.9 Å². The van der Waals surface area contributed by atoms with Crippen molar-refractivity contribution in [3.63, 3.8) is 0 Å². The molecule has 5 nitrogen and oxygen atoms in total. The molecule has 0 fully saturated rings. The summed E-state index contributed by atoms with van der Waals surface area (Å²) in [6.45, 7) is 7.27. The first-order valence-electron chi connectivity index (χ1n) is 6.28. The standard InChI is InChI=1S/C15H19N3O2/c1-10-5-6-13(11(7-10)12(17)8-16)18-9-14(19)20-15(2,3)4/h5-7,17-18H,9H2,1-4H3. The number of nitriles is 1. The van der Waals surface area contributed by atoms with Crippen molar-refractivity contribution in [2.45, 2.75) is 33.3 Å². The molecule has 0 aromatic heterocycles. The van der Waals surface area contributed by atoms with Crippen LogP contribution in [0, 0.1) is 23.7 Å². The molecule has 1 aromatic carbocycles. The zero-order valence-corrected chi connectivity index (χ0v) is 12.2. The Morgan fingerprint density at radius 2 is 2.10 bits per heavy atom. The lowest BCUT2D eigenvalue weighted by Crippen LogP contribution is -2.28. The van der Waals surface area contributed by atoms with E-state index in [0.717, 1.165) is 5.56 Å². The molecule has 106 valence electrons. The van der Waals surface area contributed by atoms with E-state index in [0.29, 0.717) is 11.3 Å². The Labute approximate surface area is 119 Å². The third kappa shape index (κ3) is 4.73. The van der Waals surface area contributed by atoms with Crippen LogP contribution in [0.1, 0.15) is 31.9 Å². The van der Waals surface area contributed by atoms with Crippen molar-refractivity contribution < 1.29 is 9.53 Å². The van der Waals surface area contributed by atoms with Crippen LogP contribution in [0.25, 0.3) is 0 Å². The van der Waals surface area contributed by atoms with Crippen LogP contribution in [-0.2, 0) is 9.53 Å². The maximum absolute atomic E-state index is 11.6. The summed E-state index contributed by atoms with van der Waals surface area (Å²) in [7, 11) is 0. The van der Waals surface area contributed by atoms with Crippen LogP contribution in [0.3, 0.4) is 0 Å². The maximum Gasteiger partial charge on any atom is 0.325 e. The molecule has 0 radical (unpaired) electrons. The molecule has 0 bridgehead atoms. The average Bonchev–Trinajstić information content (AvgIpc) is 2.34. The van der Waals surface area contributed by atoms with Gasteiger partial charge in [-0.05, 0) is 39.8 Å². The molecule has 2 N–H and O–H groups in total. The number of nitrogens with zero attached hydrogens (tertiary/aromatic N) is 1. The Kier molecular flexibility index (Phi) is 4.87. The number of nitrogens with one attached hydrogen (secondary N) is 2. The first kappa shape index (κ1) is 15.7. The van der Waals surface area contributed by atoms with E-state index in [4.69, 9.17) is 15.4 Å². The molecule has 0 aliphatic heterocycles. The predicted molar refractivity (Wildman–Crippen MR) is 78.0 cm³/mol. The first-order valence-corrected chi connectivity index (χ1v) is 6.28. The molecule has 0 amide bonds. The molecule has 20 heavy (non-hydrogen) atoms. The summed E-state index contributed by atoms with van der Waals surface area (Å²) < 4.78 is 5.19. The van der Waals surface area contributed by atoms with E-state index in [-0.39, 0.29) is 18.2 Å². The Balaban J connectivity index is 2.81. The number of carbonyl (C=O) groups is 1. The van der Waals surface area contributed by atoms with Gasteiger partial charge in [-0.1, -0.05) is 11.6 Å². The van der Waals surface area contributed by atoms with Crippen LogP contribution in [0.15, 0.2) is 18.2 Å². The molecule has 0 spiro atoms. The van der Waals surface area contributed by atoms with Crippen molar-refractivity contribution in [2.24, 2.45) is 0 Å². The topological polar surface area (TPSA) is 86.0 Å². The van der Waals surface area contributed by atoms with Crippen molar-refractivity contribution in [1.82, 2.24) is 0 Å². The quantitative estimate of drug-likeness (QED) is 0.652. The van der Waals surface area contributed by atoms with E-state index in [1.807, 2.05) is 13.0 Å². The molecule has 0 aliphatic rings. The lowest BCUT2D eigenvalue weighted by atomic mass is 10.1. The largest absolute Gasteiger partial charge is 0.459 e. The first-order chi connectivity index (χ1) is 9.23. The Morgan fingerprint density at radius 1 is 1.45 bits per heavy atom. The fraction of sp³-hybridized carbons (Fsp3) is 0.400. The van der Waals surface area contributed by atoms with Crippen LogP contribution in [0.5, 0.6) is 0 Å². The van der Waals surface area contributed by atoms with Crippen LogP contribution >= 0.6 is 0 Å². The van der Waals surface area contributed by atoms with Gasteiger partial charge in [0.1, 0.15) is 23.9 Å². The van der Waals surface area contributed by atoms with E-state index < -0.39 is 5.60 Å². The number of anilines is 1. The maximum atomic E-state index is 11.6. The number of esters is 1. The number of benzene rings is 1. The summed E-state index contributed by atoms with van der Waals surface area (Å²) in [4.78, 5) is 11.6. The summed E-state index contributed by atoms with van der Waals surface area (Å²) >= 11 is 0. The van der Waals surface area contributed by atoms with Gasteiger partial charge in [-0.25, -0.2) is 0 Å². The van der Waals surface area contributed by atoms with Gasteiger partial charge in [0.05, 0.1) is 0 Å². The number of aryl methyl sites for hydroxylation is 1. The summed E-state index contributed by atoms with van der Waals surface area (Å²) in [6, 6.07) is 7.14. The number of hydrogen-bond acceptors (Lipinski definition) is 5. The third-order valence-electron chi connectivity index (χ3n) is 2.40. The van der Waals surface area contributed by atoms with Crippen LogP contribution < -0.4 is 5.32 Å². The van der Waals surface area contributed by atoms with Gasteiger partial charge in [0.2, 0.25) is 0 Å². The zero-order valence-electron chi connectivity index (χ0n) is 12.2. The van der Waals surface area contributed by atoms with Gasteiger partial charge in [-0.2, -0.15) is 5.26 Å². The van der Waals surface area contributed by atoms with E-state index >= 15 is 0 Å².